The smallest absolute Gasteiger partial charge is 0.303 e. The van der Waals surface area contributed by atoms with Crippen LogP contribution < -0.4 is 0 Å². The first kappa shape index (κ1) is 24.1. The van der Waals surface area contributed by atoms with Gasteiger partial charge in [-0.25, -0.2) is 0 Å². The third kappa shape index (κ3) is 3.37. The van der Waals surface area contributed by atoms with Gasteiger partial charge in [-0.3, -0.25) is 4.79 Å². The maximum atomic E-state index is 11.6. The Labute approximate surface area is 197 Å². The minimum absolute atomic E-state index is 0.0552. The van der Waals surface area contributed by atoms with Crippen LogP contribution in [0.5, 0.6) is 0 Å². The summed E-state index contributed by atoms with van der Waals surface area (Å²) in [6, 6.07) is 0. The Kier molecular flexibility index (Phi) is 6.04. The van der Waals surface area contributed by atoms with Gasteiger partial charge < -0.3 is 5.11 Å². The van der Waals surface area contributed by atoms with Crippen molar-refractivity contribution in [3.63, 3.8) is 0 Å². The van der Waals surface area contributed by atoms with Crippen LogP contribution in [0.2, 0.25) is 0 Å². The molecule has 0 amide bonds. The van der Waals surface area contributed by atoms with Gasteiger partial charge in [0.2, 0.25) is 0 Å². The first-order chi connectivity index (χ1) is 14.9. The molecule has 4 aliphatic carbocycles. The highest BCUT2D eigenvalue weighted by Gasteiger charge is 2.65. The number of hydrogen-bond acceptors (Lipinski definition) is 1. The molecule has 1 N–H and O–H groups in total. The summed E-state index contributed by atoms with van der Waals surface area (Å²) < 4.78 is 0. The summed E-state index contributed by atoms with van der Waals surface area (Å²) in [5.41, 5.74) is 3.53. The summed E-state index contributed by atoms with van der Waals surface area (Å²) >= 11 is 0. The van der Waals surface area contributed by atoms with Crippen LogP contribution >= 0.6 is 0 Å². The van der Waals surface area contributed by atoms with Crippen molar-refractivity contribution >= 4 is 5.97 Å². The van der Waals surface area contributed by atoms with E-state index in [1.165, 1.54) is 56.1 Å². The summed E-state index contributed by atoms with van der Waals surface area (Å²) in [7, 11) is 0. The zero-order valence-electron chi connectivity index (χ0n) is 21.7. The highest BCUT2D eigenvalue weighted by molar-refractivity contribution is 5.66. The van der Waals surface area contributed by atoms with Gasteiger partial charge in [-0.2, -0.15) is 0 Å². The molecule has 0 radical (unpaired) electrons. The average molecular weight is 441 g/mol. The van der Waals surface area contributed by atoms with Gasteiger partial charge >= 0.3 is 5.97 Å². The summed E-state index contributed by atoms with van der Waals surface area (Å²) in [4.78, 5) is 11.6. The van der Waals surface area contributed by atoms with Crippen LogP contribution in [0.15, 0.2) is 24.3 Å². The Balaban J connectivity index is 1.70. The molecule has 0 aromatic carbocycles. The quantitative estimate of drug-likeness (QED) is 0.438. The molecule has 0 aromatic heterocycles. The normalized spacial score (nSPS) is 50.1. The molecule has 4 fully saturated rings. The Morgan fingerprint density at radius 1 is 0.969 bits per heavy atom. The molecule has 0 heterocycles. The zero-order chi connectivity index (χ0) is 23.6. The predicted octanol–water partition coefficient (Wildman–Crippen LogP) is 8.14. The molecular weight excluding hydrogens is 392 g/mol. The minimum atomic E-state index is -0.648. The molecule has 0 aliphatic heterocycles. The van der Waals surface area contributed by atoms with Gasteiger partial charge in [0.1, 0.15) is 0 Å². The number of aliphatic carboxylic acids is 1. The number of carbonyl (C=O) groups is 1. The van der Waals surface area contributed by atoms with Gasteiger partial charge in [-0.15, -0.1) is 0 Å². The minimum Gasteiger partial charge on any atom is -0.481 e. The third-order valence-electron chi connectivity index (χ3n) is 12.0. The molecule has 10 atom stereocenters. The monoisotopic (exact) mass is 440 g/mol. The second kappa shape index (κ2) is 8.02. The van der Waals surface area contributed by atoms with Crippen molar-refractivity contribution < 1.29 is 9.90 Å². The van der Waals surface area contributed by atoms with Gasteiger partial charge in [0.15, 0.2) is 0 Å². The van der Waals surface area contributed by atoms with Gasteiger partial charge in [0, 0.05) is 6.42 Å². The van der Waals surface area contributed by atoms with E-state index in [2.05, 4.69) is 54.7 Å². The first-order valence-corrected chi connectivity index (χ1v) is 13.4. The van der Waals surface area contributed by atoms with Crippen molar-refractivity contribution in [2.45, 2.75) is 99.3 Å². The summed E-state index contributed by atoms with van der Waals surface area (Å²) in [6.07, 6.45) is 10.2. The molecule has 4 aliphatic rings. The van der Waals surface area contributed by atoms with Crippen LogP contribution in [0.25, 0.3) is 0 Å². The van der Waals surface area contributed by atoms with Gasteiger partial charge in [0.05, 0.1) is 0 Å². The Hall–Kier alpha value is -1.05. The van der Waals surface area contributed by atoms with E-state index >= 15 is 0 Å². The fourth-order valence-electron chi connectivity index (χ4n) is 10.4. The lowest BCUT2D eigenvalue weighted by atomic mass is 9.38. The number of hydrogen-bond donors (Lipinski definition) is 1. The van der Waals surface area contributed by atoms with E-state index < -0.39 is 5.97 Å². The van der Waals surface area contributed by atoms with Crippen molar-refractivity contribution in [1.29, 1.82) is 0 Å². The van der Waals surface area contributed by atoms with E-state index in [-0.39, 0.29) is 11.8 Å². The fraction of sp³-hybridized carbons (Fsp3) is 0.833. The van der Waals surface area contributed by atoms with Gasteiger partial charge in [-0.05, 0) is 123 Å². The lowest BCUT2D eigenvalue weighted by molar-refractivity contribution is -0.168. The summed E-state index contributed by atoms with van der Waals surface area (Å²) in [5, 5.41) is 9.54. The molecule has 0 spiro atoms. The van der Waals surface area contributed by atoms with Crippen LogP contribution in [0.3, 0.4) is 0 Å². The number of fused-ring (bicyclic) bond motifs is 5. The van der Waals surface area contributed by atoms with Crippen molar-refractivity contribution in [3.8, 4) is 0 Å². The molecule has 2 heteroatoms. The summed E-state index contributed by atoms with van der Waals surface area (Å²) in [5.74, 6) is 4.28. The maximum Gasteiger partial charge on any atom is 0.303 e. The standard InChI is InChI=1S/C30H48O2/c1-18(2)22-17-20(5)28(6)14-12-24-21(27(22)28)9-10-25-29(7,16-13-26(31)32)23(19(3)4)11-15-30(24,25)8/h20-25,27H,1,3,9-17H2,2,4-8H3,(H,31,32). The highest BCUT2D eigenvalue weighted by atomic mass is 16.4. The molecule has 4 rings (SSSR count). The lowest BCUT2D eigenvalue weighted by Crippen LogP contribution is -2.59. The van der Waals surface area contributed by atoms with Crippen molar-refractivity contribution in [1.82, 2.24) is 0 Å². The lowest BCUT2D eigenvalue weighted by Gasteiger charge is -2.66. The molecular formula is C30H48O2. The molecule has 2 nitrogen and oxygen atoms in total. The summed E-state index contributed by atoms with van der Waals surface area (Å²) in [6.45, 7) is 23.4. The molecule has 0 saturated heterocycles. The van der Waals surface area contributed by atoms with Crippen molar-refractivity contribution in [3.05, 3.63) is 24.3 Å². The predicted molar refractivity (Wildman–Crippen MR) is 133 cm³/mol. The fourth-order valence-corrected chi connectivity index (χ4v) is 10.4. The number of carboxylic acids is 1. The van der Waals surface area contributed by atoms with Gasteiger partial charge in [0.25, 0.3) is 0 Å². The maximum absolute atomic E-state index is 11.6. The molecule has 0 aromatic rings. The van der Waals surface area contributed by atoms with Crippen LogP contribution in [0, 0.1) is 57.7 Å². The van der Waals surface area contributed by atoms with E-state index in [0.717, 1.165) is 30.1 Å². The second-order valence-electron chi connectivity index (χ2n) is 13.4. The van der Waals surface area contributed by atoms with Crippen molar-refractivity contribution in [2.75, 3.05) is 0 Å². The van der Waals surface area contributed by atoms with Gasteiger partial charge in [-0.1, -0.05) is 52.0 Å². The van der Waals surface area contributed by atoms with E-state index in [0.29, 0.717) is 28.6 Å². The molecule has 10 unspecified atom stereocenters. The average Bonchev–Trinajstić information content (AvgIpc) is 2.97. The molecule has 32 heavy (non-hydrogen) atoms. The molecule has 4 saturated carbocycles. The van der Waals surface area contributed by atoms with E-state index in [4.69, 9.17) is 0 Å². The zero-order valence-corrected chi connectivity index (χ0v) is 21.7. The number of rotatable bonds is 5. The van der Waals surface area contributed by atoms with Crippen molar-refractivity contribution in [2.24, 2.45) is 57.7 Å². The largest absolute Gasteiger partial charge is 0.481 e. The highest BCUT2D eigenvalue weighted by Crippen LogP contribution is 2.72. The van der Waals surface area contributed by atoms with E-state index in [1.807, 2.05) is 0 Å². The topological polar surface area (TPSA) is 37.3 Å². The first-order valence-electron chi connectivity index (χ1n) is 13.4. The third-order valence-corrected chi connectivity index (χ3v) is 12.0. The van der Waals surface area contributed by atoms with E-state index in [9.17, 15) is 9.90 Å². The van der Waals surface area contributed by atoms with Crippen LogP contribution in [0.4, 0.5) is 0 Å². The second-order valence-corrected chi connectivity index (χ2v) is 13.4. The van der Waals surface area contributed by atoms with Crippen LogP contribution in [-0.2, 0) is 4.79 Å². The molecule has 180 valence electrons. The number of carboxylic acid groups (broad SMARTS) is 1. The van der Waals surface area contributed by atoms with Crippen LogP contribution in [-0.4, -0.2) is 11.1 Å². The Bertz CT molecular complexity index is 797. The number of allylic oxidation sites excluding steroid dienone is 2. The Morgan fingerprint density at radius 3 is 2.22 bits per heavy atom. The Morgan fingerprint density at radius 2 is 1.62 bits per heavy atom. The van der Waals surface area contributed by atoms with E-state index in [1.54, 1.807) is 0 Å². The SMILES string of the molecule is C=C(C)C1CC(C)C2(C)CCC3C(CCC4C(C)(CCC(=O)O)C(C(=C)C)CCC34C)C12. The van der Waals surface area contributed by atoms with Crippen LogP contribution in [0.1, 0.15) is 99.3 Å². The molecule has 0 bridgehead atoms.